The Morgan fingerprint density at radius 1 is 1.03 bits per heavy atom. The Balaban J connectivity index is 1.55. The van der Waals surface area contributed by atoms with Gasteiger partial charge >= 0.3 is 0 Å². The normalized spacial score (nSPS) is 13.9. The van der Waals surface area contributed by atoms with Crippen LogP contribution in [0.3, 0.4) is 0 Å². The number of benzene rings is 2. The van der Waals surface area contributed by atoms with Gasteiger partial charge in [-0.1, -0.05) is 42.3 Å². The Morgan fingerprint density at radius 3 is 2.41 bits per heavy atom. The van der Waals surface area contributed by atoms with Gasteiger partial charge in [-0.25, -0.2) is 0 Å². The molecule has 1 aliphatic rings. The molecule has 1 heterocycles. The first-order valence-electron chi connectivity index (χ1n) is 9.47. The van der Waals surface area contributed by atoms with Crippen molar-refractivity contribution in [1.82, 2.24) is 4.90 Å². The summed E-state index contributed by atoms with van der Waals surface area (Å²) in [6.45, 7) is 4.53. The first-order chi connectivity index (χ1) is 14.0. The summed E-state index contributed by atoms with van der Waals surface area (Å²) in [7, 11) is 0. The van der Waals surface area contributed by atoms with Crippen molar-refractivity contribution in [2.24, 2.45) is 0 Å². The van der Waals surface area contributed by atoms with Gasteiger partial charge in [-0.15, -0.1) is 0 Å². The highest BCUT2D eigenvalue weighted by molar-refractivity contribution is 6.33. The maximum atomic E-state index is 12.2. The van der Waals surface area contributed by atoms with E-state index in [-0.39, 0.29) is 18.4 Å². The van der Waals surface area contributed by atoms with E-state index >= 15 is 0 Å². The highest BCUT2D eigenvalue weighted by Gasteiger charge is 2.21. The van der Waals surface area contributed by atoms with Crippen LogP contribution in [0.25, 0.3) is 0 Å². The average Bonchev–Trinajstić information content (AvgIpc) is 2.73. The fraction of sp³-hybridized carbons (Fsp3) is 0.333. The van der Waals surface area contributed by atoms with Gasteiger partial charge < -0.3 is 19.9 Å². The first-order valence-corrected chi connectivity index (χ1v) is 10.2. The van der Waals surface area contributed by atoms with Crippen LogP contribution in [-0.4, -0.2) is 49.5 Å². The van der Waals surface area contributed by atoms with Crippen molar-refractivity contribution in [3.63, 3.8) is 0 Å². The van der Waals surface area contributed by atoms with E-state index in [9.17, 15) is 9.59 Å². The summed E-state index contributed by atoms with van der Waals surface area (Å²) >= 11 is 12.5. The van der Waals surface area contributed by atoms with Crippen LogP contribution in [0.15, 0.2) is 42.5 Å². The molecule has 6 nitrogen and oxygen atoms in total. The summed E-state index contributed by atoms with van der Waals surface area (Å²) in [5, 5.41) is 3.77. The molecule has 3 rings (SSSR count). The van der Waals surface area contributed by atoms with E-state index in [2.05, 4.69) is 10.2 Å². The molecule has 2 aromatic carbocycles. The summed E-state index contributed by atoms with van der Waals surface area (Å²) in [6.07, 6.45) is 0.523. The lowest BCUT2D eigenvalue weighted by Gasteiger charge is -2.36. The van der Waals surface area contributed by atoms with Crippen molar-refractivity contribution in [3.8, 4) is 5.75 Å². The van der Waals surface area contributed by atoms with E-state index in [1.807, 2.05) is 17.9 Å². The number of piperazine rings is 1. The summed E-state index contributed by atoms with van der Waals surface area (Å²) in [5.41, 5.74) is 1.48. The molecule has 1 aliphatic heterocycles. The maximum absolute atomic E-state index is 12.2. The molecule has 0 spiro atoms. The minimum atomic E-state index is -0.305. The van der Waals surface area contributed by atoms with Crippen LogP contribution in [-0.2, 0) is 9.59 Å². The van der Waals surface area contributed by atoms with Gasteiger partial charge in [0.1, 0.15) is 5.75 Å². The van der Waals surface area contributed by atoms with Crippen molar-refractivity contribution in [3.05, 3.63) is 52.5 Å². The van der Waals surface area contributed by atoms with Crippen molar-refractivity contribution >= 4 is 46.4 Å². The SMILES string of the molecule is CCC(=O)N1CCN(c2ccc(NC(=O)COc3ccccc3Cl)cc2Cl)CC1. The summed E-state index contributed by atoms with van der Waals surface area (Å²) in [4.78, 5) is 28.0. The number of halogens is 2. The molecule has 1 N–H and O–H groups in total. The van der Waals surface area contributed by atoms with Gasteiger partial charge in [-0.2, -0.15) is 0 Å². The standard InChI is InChI=1S/C21H23Cl2N3O3/c1-2-21(28)26-11-9-25(10-12-26)18-8-7-15(13-17(18)23)24-20(27)14-29-19-6-4-3-5-16(19)22/h3-8,13H,2,9-12,14H2,1H3,(H,24,27). The Hall–Kier alpha value is -2.44. The maximum Gasteiger partial charge on any atom is 0.262 e. The number of nitrogens with one attached hydrogen (secondary N) is 1. The van der Waals surface area contributed by atoms with Gasteiger partial charge in [0.05, 0.1) is 15.7 Å². The topological polar surface area (TPSA) is 61.9 Å². The number of hydrogen-bond acceptors (Lipinski definition) is 4. The number of para-hydroxylation sites is 1. The second kappa shape index (κ2) is 9.85. The fourth-order valence-electron chi connectivity index (χ4n) is 3.16. The molecule has 0 atom stereocenters. The van der Waals surface area contributed by atoms with Crippen LogP contribution >= 0.6 is 23.2 Å². The van der Waals surface area contributed by atoms with Crippen LogP contribution in [0.4, 0.5) is 11.4 Å². The van der Waals surface area contributed by atoms with E-state index < -0.39 is 0 Å². The number of carbonyl (C=O) groups excluding carboxylic acids is 2. The Labute approximate surface area is 180 Å². The molecule has 0 aliphatic carbocycles. The molecule has 29 heavy (non-hydrogen) atoms. The first kappa shape index (κ1) is 21.3. The Kier molecular flexibility index (Phi) is 7.23. The molecule has 2 aromatic rings. The zero-order chi connectivity index (χ0) is 20.8. The van der Waals surface area contributed by atoms with Crippen molar-refractivity contribution in [2.75, 3.05) is 43.0 Å². The van der Waals surface area contributed by atoms with Gasteiger partial charge in [0.2, 0.25) is 5.91 Å². The van der Waals surface area contributed by atoms with Crippen LogP contribution in [0.1, 0.15) is 13.3 Å². The van der Waals surface area contributed by atoms with Gasteiger partial charge in [-0.05, 0) is 30.3 Å². The fourth-order valence-corrected chi connectivity index (χ4v) is 3.65. The molecular formula is C21H23Cl2N3O3. The molecule has 0 radical (unpaired) electrons. The van der Waals surface area contributed by atoms with Crippen LogP contribution in [0.5, 0.6) is 5.75 Å². The smallest absolute Gasteiger partial charge is 0.262 e. The zero-order valence-electron chi connectivity index (χ0n) is 16.2. The highest BCUT2D eigenvalue weighted by Crippen LogP contribution is 2.30. The van der Waals surface area contributed by atoms with E-state index in [0.717, 1.165) is 18.8 Å². The molecule has 2 amide bonds. The van der Waals surface area contributed by atoms with Crippen LogP contribution in [0, 0.1) is 0 Å². The van der Waals surface area contributed by atoms with E-state index in [1.165, 1.54) is 0 Å². The molecule has 1 saturated heterocycles. The number of hydrogen-bond donors (Lipinski definition) is 1. The Morgan fingerprint density at radius 2 is 1.76 bits per heavy atom. The molecule has 0 bridgehead atoms. The lowest BCUT2D eigenvalue weighted by molar-refractivity contribution is -0.131. The number of amides is 2. The number of anilines is 2. The predicted octanol–water partition coefficient (Wildman–Crippen LogP) is 4.07. The van der Waals surface area contributed by atoms with E-state index in [4.69, 9.17) is 27.9 Å². The van der Waals surface area contributed by atoms with Crippen molar-refractivity contribution in [2.45, 2.75) is 13.3 Å². The molecule has 0 unspecified atom stereocenters. The van der Waals surface area contributed by atoms with Gasteiger partial charge in [-0.3, -0.25) is 9.59 Å². The molecule has 0 saturated carbocycles. The number of ether oxygens (including phenoxy) is 1. The zero-order valence-corrected chi connectivity index (χ0v) is 17.7. The summed E-state index contributed by atoms with van der Waals surface area (Å²) in [6, 6.07) is 12.4. The quantitative estimate of drug-likeness (QED) is 0.742. The van der Waals surface area contributed by atoms with Gasteiger partial charge in [0.25, 0.3) is 5.91 Å². The molecule has 8 heteroatoms. The molecule has 1 fully saturated rings. The second-order valence-corrected chi connectivity index (χ2v) is 7.47. The molecular weight excluding hydrogens is 413 g/mol. The van der Waals surface area contributed by atoms with Crippen LogP contribution in [0.2, 0.25) is 10.0 Å². The average molecular weight is 436 g/mol. The van der Waals surface area contributed by atoms with Gasteiger partial charge in [0, 0.05) is 38.3 Å². The lowest BCUT2D eigenvalue weighted by atomic mass is 10.2. The molecule has 154 valence electrons. The molecule has 0 aromatic heterocycles. The van der Waals surface area contributed by atoms with E-state index in [0.29, 0.717) is 41.0 Å². The second-order valence-electron chi connectivity index (χ2n) is 6.65. The summed E-state index contributed by atoms with van der Waals surface area (Å²) in [5.74, 6) is 0.326. The third-order valence-electron chi connectivity index (χ3n) is 4.70. The minimum Gasteiger partial charge on any atom is -0.482 e. The lowest BCUT2D eigenvalue weighted by Crippen LogP contribution is -2.48. The highest BCUT2D eigenvalue weighted by atomic mass is 35.5. The Bertz CT molecular complexity index is 883. The van der Waals surface area contributed by atoms with Crippen molar-refractivity contribution < 1.29 is 14.3 Å². The van der Waals surface area contributed by atoms with Crippen LogP contribution < -0.4 is 15.0 Å². The largest absolute Gasteiger partial charge is 0.482 e. The third-order valence-corrected chi connectivity index (χ3v) is 5.32. The number of carbonyl (C=O) groups is 2. The van der Waals surface area contributed by atoms with Gasteiger partial charge in [0.15, 0.2) is 6.61 Å². The predicted molar refractivity (Wildman–Crippen MR) is 116 cm³/mol. The van der Waals surface area contributed by atoms with Crippen molar-refractivity contribution in [1.29, 1.82) is 0 Å². The minimum absolute atomic E-state index is 0.156. The monoisotopic (exact) mass is 435 g/mol. The number of rotatable bonds is 6. The number of nitrogens with zero attached hydrogens (tertiary/aromatic N) is 2. The van der Waals surface area contributed by atoms with E-state index in [1.54, 1.807) is 36.4 Å². The third kappa shape index (κ3) is 5.55. The summed E-state index contributed by atoms with van der Waals surface area (Å²) < 4.78 is 5.44.